The van der Waals surface area contributed by atoms with Crippen LogP contribution in [-0.4, -0.2) is 62.8 Å². The Morgan fingerprint density at radius 2 is 1.74 bits per heavy atom. The van der Waals surface area contributed by atoms with E-state index in [1.165, 1.54) is 17.0 Å². The number of nitrogens with one attached hydrogen (secondary N) is 2. The van der Waals surface area contributed by atoms with E-state index in [-0.39, 0.29) is 17.2 Å². The first-order chi connectivity index (χ1) is 16.2. The van der Waals surface area contributed by atoms with Crippen molar-refractivity contribution in [3.63, 3.8) is 0 Å². The number of fused-ring (bicyclic) bond motifs is 1. The first kappa shape index (κ1) is 23.7. The second-order valence-corrected chi connectivity index (χ2v) is 9.39. The Morgan fingerprint density at radius 1 is 1.03 bits per heavy atom. The van der Waals surface area contributed by atoms with Gasteiger partial charge in [-0.25, -0.2) is 4.79 Å². The maximum atomic E-state index is 12.0. The fourth-order valence-corrected chi connectivity index (χ4v) is 4.18. The number of carbonyl (C=O) groups is 2. The lowest BCUT2D eigenvalue weighted by Crippen LogP contribution is -2.49. The van der Waals surface area contributed by atoms with Crippen molar-refractivity contribution >= 4 is 44.5 Å². The molecule has 0 bridgehead atoms. The van der Waals surface area contributed by atoms with Crippen molar-refractivity contribution in [2.24, 2.45) is 0 Å². The molecule has 0 saturated carbocycles. The monoisotopic (exact) mass is 487 g/mol. The number of benzene rings is 2. The fourth-order valence-electron chi connectivity index (χ4n) is 3.70. The zero-order chi connectivity index (χ0) is 24.3. The Bertz CT molecular complexity index is 1300. The number of nitrogens with zero attached hydrogens (tertiary/aromatic N) is 3. The van der Waals surface area contributed by atoms with E-state index in [2.05, 4.69) is 20.7 Å². The Kier molecular flexibility index (Phi) is 6.82. The summed E-state index contributed by atoms with van der Waals surface area (Å²) < 4.78 is 35.0. The van der Waals surface area contributed by atoms with E-state index in [1.807, 2.05) is 25.1 Å². The molecule has 180 valence electrons. The van der Waals surface area contributed by atoms with Gasteiger partial charge in [-0.15, -0.1) is 0 Å². The summed E-state index contributed by atoms with van der Waals surface area (Å²) >= 11 is 0. The molecule has 3 aromatic rings. The largest absolute Gasteiger partial charge is 0.369 e. The van der Waals surface area contributed by atoms with Crippen LogP contribution < -0.4 is 20.4 Å². The lowest BCUT2D eigenvalue weighted by Gasteiger charge is -2.29. The average Bonchev–Trinajstić information content (AvgIpc) is 3.23. The zero-order valence-electron chi connectivity index (χ0n) is 18.5. The van der Waals surface area contributed by atoms with Gasteiger partial charge in [-0.05, 0) is 31.2 Å². The van der Waals surface area contributed by atoms with Gasteiger partial charge in [-0.2, -0.15) is 8.42 Å². The maximum absolute atomic E-state index is 12.0. The van der Waals surface area contributed by atoms with E-state index < -0.39 is 16.1 Å². The van der Waals surface area contributed by atoms with Gasteiger partial charge in [0.15, 0.2) is 11.4 Å². The number of amides is 3. The first-order valence-corrected chi connectivity index (χ1v) is 12.2. The molecule has 2 aromatic carbocycles. The van der Waals surface area contributed by atoms with Crippen LogP contribution in [0.15, 0.2) is 51.9 Å². The molecule has 0 atom stereocenters. The van der Waals surface area contributed by atoms with E-state index in [9.17, 15) is 18.0 Å². The molecule has 12 heteroatoms. The molecule has 2 aliphatic rings. The van der Waals surface area contributed by atoms with Gasteiger partial charge in [-0.1, -0.05) is 22.9 Å². The quantitative estimate of drug-likeness (QED) is 0.472. The number of carbonyl (C=O) groups excluding carboxylic acids is 2. The third kappa shape index (κ3) is 5.35. The molecule has 2 saturated heterocycles. The fraction of sp³-hybridized carbons (Fsp3) is 0.318. The number of hydrogen-bond donors (Lipinski definition) is 3. The molecule has 3 amide bonds. The lowest BCUT2D eigenvalue weighted by atomic mass is 10.2. The van der Waals surface area contributed by atoms with E-state index in [1.54, 1.807) is 12.1 Å². The number of hydrogen-bond acceptors (Lipinski definition) is 8. The van der Waals surface area contributed by atoms with Crippen molar-refractivity contribution < 1.29 is 27.1 Å². The minimum Gasteiger partial charge on any atom is -0.369 e. The number of aryl methyl sites for hydroxylation is 1. The second kappa shape index (κ2) is 9.79. The molecule has 3 N–H and O–H groups in total. The van der Waals surface area contributed by atoms with E-state index in [0.29, 0.717) is 17.9 Å². The molecule has 34 heavy (non-hydrogen) atoms. The van der Waals surface area contributed by atoms with Crippen molar-refractivity contribution in [3.8, 4) is 0 Å². The summed E-state index contributed by atoms with van der Waals surface area (Å²) in [5.74, 6) is 0.192. The van der Waals surface area contributed by atoms with Gasteiger partial charge in [0.05, 0.1) is 10.3 Å². The van der Waals surface area contributed by atoms with Crippen LogP contribution in [0.5, 0.6) is 0 Å². The van der Waals surface area contributed by atoms with Gasteiger partial charge in [0.25, 0.3) is 10.1 Å². The number of imide groups is 1. The molecule has 11 nitrogen and oxygen atoms in total. The Balaban J connectivity index is 0.000000210. The summed E-state index contributed by atoms with van der Waals surface area (Å²) in [4.78, 5) is 26.9. The molecule has 2 fully saturated rings. The normalized spacial score (nSPS) is 16.8. The predicted molar refractivity (Wildman–Crippen MR) is 126 cm³/mol. The zero-order valence-corrected chi connectivity index (χ0v) is 19.3. The van der Waals surface area contributed by atoms with Crippen molar-refractivity contribution in [1.82, 2.24) is 15.8 Å². The van der Waals surface area contributed by atoms with Crippen molar-refractivity contribution in [2.45, 2.75) is 18.2 Å². The number of urea groups is 1. The van der Waals surface area contributed by atoms with Crippen molar-refractivity contribution in [3.05, 3.63) is 48.0 Å². The molecule has 0 radical (unpaired) electrons. The minimum absolute atomic E-state index is 0.0666. The second-order valence-electron chi connectivity index (χ2n) is 7.97. The van der Waals surface area contributed by atoms with Crippen LogP contribution in [0.3, 0.4) is 0 Å². The van der Waals surface area contributed by atoms with Crippen LogP contribution in [0.1, 0.15) is 12.0 Å². The maximum Gasteiger partial charge on any atom is 0.329 e. The van der Waals surface area contributed by atoms with Crippen molar-refractivity contribution in [2.75, 3.05) is 42.5 Å². The third-order valence-electron chi connectivity index (χ3n) is 5.55. The standard InChI is InChI=1S/C15H17N5O3.C7H8O3S/c21-13-3-6-20(15(22)17-13)14-11-2-1-10(9-12(11)23-18-14)19-7-4-16-5-8-19;1-6-2-4-7(5-3-6)11(8,9)10/h1-2,9,16H,3-8H2,(H,17,21,22);2-5H,1H3,(H,8,9,10). The summed E-state index contributed by atoms with van der Waals surface area (Å²) in [7, 11) is -4.02. The highest BCUT2D eigenvalue weighted by Gasteiger charge is 2.28. The van der Waals surface area contributed by atoms with Crippen LogP contribution in [0.25, 0.3) is 11.0 Å². The molecule has 1 aromatic heterocycles. The topological polar surface area (TPSA) is 145 Å². The lowest BCUT2D eigenvalue weighted by molar-refractivity contribution is -0.120. The van der Waals surface area contributed by atoms with E-state index in [4.69, 9.17) is 9.08 Å². The van der Waals surface area contributed by atoms with Crippen LogP contribution in [0.2, 0.25) is 0 Å². The predicted octanol–water partition coefficient (Wildman–Crippen LogP) is 1.93. The smallest absolute Gasteiger partial charge is 0.329 e. The Hall–Kier alpha value is -3.48. The van der Waals surface area contributed by atoms with Gasteiger partial charge >= 0.3 is 6.03 Å². The number of aromatic nitrogens is 1. The van der Waals surface area contributed by atoms with Gasteiger partial charge in [-0.3, -0.25) is 19.6 Å². The summed E-state index contributed by atoms with van der Waals surface area (Å²) in [5.41, 5.74) is 2.68. The molecule has 0 spiro atoms. The van der Waals surface area contributed by atoms with Gasteiger partial charge in [0, 0.05) is 50.9 Å². The molecule has 2 aliphatic heterocycles. The van der Waals surface area contributed by atoms with Crippen LogP contribution in [0.4, 0.5) is 16.3 Å². The number of rotatable bonds is 3. The van der Waals surface area contributed by atoms with Crippen molar-refractivity contribution in [1.29, 1.82) is 0 Å². The Labute approximate surface area is 196 Å². The summed E-state index contributed by atoms with van der Waals surface area (Å²) in [6.45, 7) is 5.97. The minimum atomic E-state index is -4.02. The molecular formula is C22H25N5O6S. The molecule has 0 unspecified atom stereocenters. The Morgan fingerprint density at radius 3 is 2.38 bits per heavy atom. The number of anilines is 2. The highest BCUT2D eigenvalue weighted by Crippen LogP contribution is 2.30. The van der Waals surface area contributed by atoms with Gasteiger partial charge < -0.3 is 14.7 Å². The molecule has 3 heterocycles. The highest BCUT2D eigenvalue weighted by atomic mass is 32.2. The molecular weight excluding hydrogens is 462 g/mol. The highest BCUT2D eigenvalue weighted by molar-refractivity contribution is 7.85. The van der Waals surface area contributed by atoms with E-state index >= 15 is 0 Å². The van der Waals surface area contributed by atoms with Crippen LogP contribution in [0, 0.1) is 6.92 Å². The summed E-state index contributed by atoms with van der Waals surface area (Å²) in [6.07, 6.45) is 0.263. The molecule has 0 aliphatic carbocycles. The van der Waals surface area contributed by atoms with Crippen LogP contribution in [-0.2, 0) is 14.9 Å². The SMILES string of the molecule is Cc1ccc(S(=O)(=O)O)cc1.O=C1CCN(c2noc3cc(N4CCNCC4)ccc23)C(=O)N1. The third-order valence-corrected chi connectivity index (χ3v) is 6.42. The van der Waals surface area contributed by atoms with Crippen LogP contribution >= 0.6 is 0 Å². The number of piperazine rings is 1. The van der Waals surface area contributed by atoms with E-state index in [0.717, 1.165) is 42.8 Å². The summed E-state index contributed by atoms with van der Waals surface area (Å²) in [6, 6.07) is 11.4. The first-order valence-electron chi connectivity index (χ1n) is 10.7. The summed E-state index contributed by atoms with van der Waals surface area (Å²) in [5, 5.41) is 10.4. The van der Waals surface area contributed by atoms with Gasteiger partial charge in [0.1, 0.15) is 0 Å². The molecule has 5 rings (SSSR count). The van der Waals surface area contributed by atoms with Gasteiger partial charge in [0.2, 0.25) is 5.91 Å². The average molecular weight is 488 g/mol.